The van der Waals surface area contributed by atoms with Crippen LogP contribution in [0.1, 0.15) is 5.56 Å². The van der Waals surface area contributed by atoms with Crippen molar-refractivity contribution in [3.8, 4) is 11.3 Å². The molecule has 5 nitrogen and oxygen atoms in total. The van der Waals surface area contributed by atoms with E-state index < -0.39 is 0 Å². The Labute approximate surface area is 156 Å². The molecule has 0 saturated carbocycles. The number of nitrogens with one attached hydrogen (secondary N) is 1. The molecule has 0 spiro atoms. The summed E-state index contributed by atoms with van der Waals surface area (Å²) in [6.45, 7) is 0.312. The lowest BCUT2D eigenvalue weighted by Crippen LogP contribution is -2.33. The first-order valence-electron chi connectivity index (χ1n) is 8.19. The molecular weight excluding hydrogens is 346 g/mol. The highest BCUT2D eigenvalue weighted by atomic mass is 32.2. The molecule has 0 aliphatic rings. The summed E-state index contributed by atoms with van der Waals surface area (Å²) in [7, 11) is 0. The number of amides is 1. The van der Waals surface area contributed by atoms with E-state index in [1.54, 1.807) is 17.8 Å². The highest BCUT2D eigenvalue weighted by molar-refractivity contribution is 7.98. The molecule has 0 radical (unpaired) electrons. The Kier molecular flexibility index (Phi) is 5.86. The lowest BCUT2D eigenvalue weighted by atomic mass is 10.1. The first-order valence-corrected chi connectivity index (χ1v) is 9.41. The van der Waals surface area contributed by atoms with Gasteiger partial charge in [0.2, 0.25) is 5.91 Å². The van der Waals surface area contributed by atoms with E-state index in [9.17, 15) is 9.59 Å². The van der Waals surface area contributed by atoms with Crippen molar-refractivity contribution in [2.24, 2.45) is 0 Å². The summed E-state index contributed by atoms with van der Waals surface area (Å²) in [5.41, 5.74) is 2.27. The van der Waals surface area contributed by atoms with Gasteiger partial charge in [-0.05, 0) is 30.0 Å². The summed E-state index contributed by atoms with van der Waals surface area (Å²) in [4.78, 5) is 25.3. The van der Waals surface area contributed by atoms with Gasteiger partial charge in [-0.2, -0.15) is 5.10 Å². The molecule has 1 amide bonds. The Morgan fingerprint density at radius 2 is 1.77 bits per heavy atom. The standard InChI is InChI=1S/C20H19N3O2S/c1-26-17-9-7-16(8-10-17)18-11-12-20(25)23(22-18)14-19(24)21-13-15-5-3-2-4-6-15/h2-12H,13-14H2,1H3,(H,21,24). The fraction of sp³-hybridized carbons (Fsp3) is 0.150. The SMILES string of the molecule is CSc1ccc(-c2ccc(=O)n(CC(=O)NCc3ccccc3)n2)cc1. The Morgan fingerprint density at radius 1 is 1.04 bits per heavy atom. The third-order valence-electron chi connectivity index (χ3n) is 3.88. The Bertz CT molecular complexity index is 937. The van der Waals surface area contributed by atoms with Gasteiger partial charge in [-0.25, -0.2) is 4.68 Å². The smallest absolute Gasteiger partial charge is 0.267 e. The number of nitrogens with zero attached hydrogens (tertiary/aromatic N) is 2. The second-order valence-electron chi connectivity index (χ2n) is 5.71. The number of benzene rings is 2. The fourth-order valence-corrected chi connectivity index (χ4v) is 2.87. The van der Waals surface area contributed by atoms with Crippen LogP contribution in [0, 0.1) is 0 Å². The normalized spacial score (nSPS) is 10.5. The van der Waals surface area contributed by atoms with Gasteiger partial charge in [0.25, 0.3) is 5.56 Å². The van der Waals surface area contributed by atoms with Crippen LogP contribution in [0.25, 0.3) is 11.3 Å². The minimum atomic E-state index is -0.302. The average molecular weight is 365 g/mol. The van der Waals surface area contributed by atoms with Crippen LogP contribution in [-0.2, 0) is 17.9 Å². The summed E-state index contributed by atoms with van der Waals surface area (Å²) in [5, 5.41) is 7.14. The average Bonchev–Trinajstić information content (AvgIpc) is 2.69. The molecule has 0 fully saturated rings. The predicted octanol–water partition coefficient (Wildman–Crippen LogP) is 2.95. The van der Waals surface area contributed by atoms with Gasteiger partial charge in [0.15, 0.2) is 0 Å². The van der Waals surface area contributed by atoms with Crippen molar-refractivity contribution in [2.45, 2.75) is 18.0 Å². The maximum atomic E-state index is 12.2. The molecule has 0 atom stereocenters. The van der Waals surface area contributed by atoms with Crippen molar-refractivity contribution in [3.05, 3.63) is 82.6 Å². The molecule has 132 valence electrons. The third-order valence-corrected chi connectivity index (χ3v) is 4.62. The summed E-state index contributed by atoms with van der Waals surface area (Å²) < 4.78 is 1.19. The summed E-state index contributed by atoms with van der Waals surface area (Å²) in [6.07, 6.45) is 2.02. The van der Waals surface area contributed by atoms with Crippen LogP contribution in [0.5, 0.6) is 0 Å². The van der Waals surface area contributed by atoms with E-state index in [0.717, 1.165) is 16.0 Å². The molecule has 0 saturated heterocycles. The van der Waals surface area contributed by atoms with Crippen LogP contribution in [-0.4, -0.2) is 21.9 Å². The molecule has 0 aliphatic carbocycles. The first-order chi connectivity index (χ1) is 12.7. The largest absolute Gasteiger partial charge is 0.350 e. The minimum absolute atomic E-state index is 0.109. The van der Waals surface area contributed by atoms with Crippen molar-refractivity contribution in [2.75, 3.05) is 6.26 Å². The summed E-state index contributed by atoms with van der Waals surface area (Å²) >= 11 is 1.66. The van der Waals surface area contributed by atoms with Crippen LogP contribution >= 0.6 is 11.8 Å². The number of thioether (sulfide) groups is 1. The van der Waals surface area contributed by atoms with E-state index >= 15 is 0 Å². The Morgan fingerprint density at radius 3 is 2.46 bits per heavy atom. The lowest BCUT2D eigenvalue weighted by Gasteiger charge is -2.09. The van der Waals surface area contributed by atoms with Gasteiger partial charge >= 0.3 is 0 Å². The van der Waals surface area contributed by atoms with Crippen LogP contribution in [0.3, 0.4) is 0 Å². The molecule has 0 unspecified atom stereocenters. The third kappa shape index (κ3) is 4.61. The number of hydrogen-bond acceptors (Lipinski definition) is 4. The van der Waals surface area contributed by atoms with Crippen LogP contribution in [0.15, 0.2) is 76.4 Å². The number of carbonyl (C=O) groups excluding carboxylic acids is 1. The highest BCUT2D eigenvalue weighted by Crippen LogP contribution is 2.20. The quantitative estimate of drug-likeness (QED) is 0.682. The molecule has 1 aromatic heterocycles. The molecule has 0 aliphatic heterocycles. The topological polar surface area (TPSA) is 64.0 Å². The van der Waals surface area contributed by atoms with Crippen molar-refractivity contribution < 1.29 is 4.79 Å². The number of rotatable bonds is 6. The first kappa shape index (κ1) is 17.9. The lowest BCUT2D eigenvalue weighted by molar-refractivity contribution is -0.122. The molecule has 6 heteroatoms. The number of aromatic nitrogens is 2. The Balaban J connectivity index is 1.71. The van der Waals surface area contributed by atoms with Crippen molar-refractivity contribution in [1.29, 1.82) is 0 Å². The van der Waals surface area contributed by atoms with Crippen LogP contribution in [0.2, 0.25) is 0 Å². The van der Waals surface area contributed by atoms with Crippen molar-refractivity contribution in [1.82, 2.24) is 15.1 Å². The van der Waals surface area contributed by atoms with Gasteiger partial charge in [0.1, 0.15) is 6.54 Å². The monoisotopic (exact) mass is 365 g/mol. The molecule has 1 heterocycles. The molecular formula is C20H19N3O2S. The minimum Gasteiger partial charge on any atom is -0.350 e. The Hall–Kier alpha value is -2.86. The fourth-order valence-electron chi connectivity index (χ4n) is 2.47. The zero-order valence-electron chi connectivity index (χ0n) is 14.4. The van der Waals surface area contributed by atoms with E-state index in [1.165, 1.54) is 10.7 Å². The number of carbonyl (C=O) groups is 1. The molecule has 1 N–H and O–H groups in total. The molecule has 2 aromatic carbocycles. The van der Waals surface area contributed by atoms with Gasteiger partial charge in [0.05, 0.1) is 5.69 Å². The van der Waals surface area contributed by atoms with Gasteiger partial charge in [-0.1, -0.05) is 42.5 Å². The van der Waals surface area contributed by atoms with Crippen LogP contribution < -0.4 is 10.9 Å². The van der Waals surface area contributed by atoms with Gasteiger partial charge in [0, 0.05) is 23.1 Å². The zero-order chi connectivity index (χ0) is 18.4. The van der Waals surface area contributed by atoms with E-state index in [1.807, 2.05) is 60.9 Å². The van der Waals surface area contributed by atoms with E-state index in [-0.39, 0.29) is 18.0 Å². The molecule has 0 bridgehead atoms. The summed E-state index contributed by atoms with van der Waals surface area (Å²) in [5.74, 6) is -0.252. The predicted molar refractivity (Wildman–Crippen MR) is 104 cm³/mol. The summed E-state index contributed by atoms with van der Waals surface area (Å²) in [6, 6.07) is 20.7. The van der Waals surface area contributed by atoms with Crippen molar-refractivity contribution >= 4 is 17.7 Å². The molecule has 3 rings (SSSR count). The second kappa shape index (κ2) is 8.49. The maximum Gasteiger partial charge on any atom is 0.267 e. The van der Waals surface area contributed by atoms with Gasteiger partial charge in [-0.3, -0.25) is 9.59 Å². The van der Waals surface area contributed by atoms with Crippen LogP contribution in [0.4, 0.5) is 0 Å². The van der Waals surface area contributed by atoms with Gasteiger partial charge in [-0.15, -0.1) is 11.8 Å². The molecule has 3 aromatic rings. The van der Waals surface area contributed by atoms with E-state index in [2.05, 4.69) is 10.4 Å². The van der Waals surface area contributed by atoms with E-state index in [4.69, 9.17) is 0 Å². The second-order valence-corrected chi connectivity index (χ2v) is 6.58. The molecule has 26 heavy (non-hydrogen) atoms. The maximum absolute atomic E-state index is 12.2. The highest BCUT2D eigenvalue weighted by Gasteiger charge is 2.08. The van der Waals surface area contributed by atoms with Crippen molar-refractivity contribution in [3.63, 3.8) is 0 Å². The van der Waals surface area contributed by atoms with E-state index in [0.29, 0.717) is 12.2 Å². The number of hydrogen-bond donors (Lipinski definition) is 1. The van der Waals surface area contributed by atoms with Gasteiger partial charge < -0.3 is 5.32 Å². The zero-order valence-corrected chi connectivity index (χ0v) is 15.2.